The van der Waals surface area contributed by atoms with Crippen LogP contribution in [0, 0.1) is 11.7 Å². The van der Waals surface area contributed by atoms with Gasteiger partial charge in [-0.15, -0.1) is 0 Å². The lowest BCUT2D eigenvalue weighted by molar-refractivity contribution is -0.111. The third-order valence-corrected chi connectivity index (χ3v) is 6.49. The van der Waals surface area contributed by atoms with Gasteiger partial charge >= 0.3 is 0 Å². The number of hydrogen-bond acceptors (Lipinski definition) is 7. The molecule has 0 radical (unpaired) electrons. The number of carbonyl (C=O) groups is 1. The second-order valence-corrected chi connectivity index (χ2v) is 9.17. The third-order valence-electron chi connectivity index (χ3n) is 6.20. The molecule has 2 aromatic carbocycles. The third kappa shape index (κ3) is 7.15. The van der Waals surface area contributed by atoms with Gasteiger partial charge < -0.3 is 25.0 Å². The summed E-state index contributed by atoms with van der Waals surface area (Å²) < 4.78 is 25.2. The summed E-state index contributed by atoms with van der Waals surface area (Å²) in [5.74, 6) is 0.514. The number of rotatable bonds is 11. The molecule has 37 heavy (non-hydrogen) atoms. The van der Waals surface area contributed by atoms with E-state index in [1.165, 1.54) is 24.5 Å². The number of nitrogens with zero attached hydrogens (tertiary/aromatic N) is 3. The molecule has 1 saturated heterocycles. The highest BCUT2D eigenvalue weighted by Crippen LogP contribution is 2.34. The first-order valence-corrected chi connectivity index (χ1v) is 12.8. The average Bonchev–Trinajstić information content (AvgIpc) is 3.42. The number of aromatic nitrogens is 2. The van der Waals surface area contributed by atoms with Crippen molar-refractivity contribution in [3.8, 4) is 5.75 Å². The van der Waals surface area contributed by atoms with E-state index in [9.17, 15) is 9.18 Å². The summed E-state index contributed by atoms with van der Waals surface area (Å²) in [4.78, 5) is 23.7. The van der Waals surface area contributed by atoms with Crippen LogP contribution in [0.25, 0.3) is 10.9 Å². The van der Waals surface area contributed by atoms with E-state index >= 15 is 0 Å². The van der Waals surface area contributed by atoms with E-state index in [4.69, 9.17) is 21.1 Å². The number of hydrogen-bond donors (Lipinski definition) is 2. The van der Waals surface area contributed by atoms with Crippen molar-refractivity contribution in [2.45, 2.75) is 20.3 Å². The van der Waals surface area contributed by atoms with Crippen molar-refractivity contribution in [1.82, 2.24) is 14.9 Å². The summed E-state index contributed by atoms with van der Waals surface area (Å²) in [5, 5.41) is 6.75. The number of anilines is 3. The lowest BCUT2D eigenvalue weighted by atomic mass is 10.1. The van der Waals surface area contributed by atoms with Gasteiger partial charge in [0.2, 0.25) is 5.91 Å². The van der Waals surface area contributed by atoms with E-state index in [0.717, 1.165) is 26.1 Å². The fraction of sp³-hybridized carbons (Fsp3) is 0.370. The van der Waals surface area contributed by atoms with Crippen LogP contribution in [0.1, 0.15) is 20.3 Å². The fourth-order valence-corrected chi connectivity index (χ4v) is 4.18. The molecule has 1 aliphatic heterocycles. The van der Waals surface area contributed by atoms with Crippen LogP contribution in [0.4, 0.5) is 21.6 Å². The number of halogens is 2. The molecule has 1 atom stereocenters. The predicted molar refractivity (Wildman–Crippen MR) is 144 cm³/mol. The van der Waals surface area contributed by atoms with Crippen LogP contribution in [0.2, 0.25) is 5.02 Å². The van der Waals surface area contributed by atoms with Crippen molar-refractivity contribution in [2.24, 2.45) is 5.92 Å². The monoisotopic (exact) mass is 527 g/mol. The van der Waals surface area contributed by atoms with Gasteiger partial charge in [-0.1, -0.05) is 31.5 Å². The van der Waals surface area contributed by atoms with Gasteiger partial charge in [0, 0.05) is 42.3 Å². The summed E-state index contributed by atoms with van der Waals surface area (Å²) >= 11 is 5.94. The normalized spacial score (nSPS) is 15.5. The Morgan fingerprint density at radius 2 is 2.11 bits per heavy atom. The highest BCUT2D eigenvalue weighted by molar-refractivity contribution is 6.31. The number of nitrogens with one attached hydrogen (secondary N) is 2. The van der Waals surface area contributed by atoms with E-state index in [0.29, 0.717) is 59.5 Å². The first kappa shape index (κ1) is 26.8. The van der Waals surface area contributed by atoms with Crippen LogP contribution >= 0.6 is 11.6 Å². The summed E-state index contributed by atoms with van der Waals surface area (Å²) in [6, 6.07) is 7.89. The molecule has 2 N–H and O–H groups in total. The molecule has 10 heteroatoms. The van der Waals surface area contributed by atoms with E-state index in [2.05, 4.69) is 39.3 Å². The lowest BCUT2D eigenvalue weighted by Crippen LogP contribution is -2.23. The van der Waals surface area contributed by atoms with Crippen LogP contribution in [0.3, 0.4) is 0 Å². The van der Waals surface area contributed by atoms with Crippen molar-refractivity contribution in [2.75, 3.05) is 50.1 Å². The second kappa shape index (κ2) is 12.8. The minimum Gasteiger partial charge on any atom is -0.491 e. The van der Waals surface area contributed by atoms with Crippen molar-refractivity contribution < 1.29 is 18.7 Å². The Hall–Kier alpha value is -3.27. The molecule has 1 unspecified atom stereocenters. The van der Waals surface area contributed by atoms with Gasteiger partial charge in [-0.05, 0) is 43.8 Å². The Morgan fingerprint density at radius 1 is 1.27 bits per heavy atom. The molecule has 8 nitrogen and oxygen atoms in total. The maximum absolute atomic E-state index is 13.6. The Bertz CT molecular complexity index is 1260. The largest absolute Gasteiger partial charge is 0.491 e. The molecule has 1 aliphatic rings. The molecular weight excluding hydrogens is 497 g/mol. The van der Waals surface area contributed by atoms with Gasteiger partial charge in [0.05, 0.1) is 29.4 Å². The Morgan fingerprint density at radius 3 is 2.84 bits per heavy atom. The van der Waals surface area contributed by atoms with E-state index in [-0.39, 0.29) is 10.9 Å². The summed E-state index contributed by atoms with van der Waals surface area (Å²) in [5.41, 5.74) is 1.69. The average molecular weight is 528 g/mol. The number of likely N-dealkylation sites (N-methyl/N-ethyl adjacent to an activating group) is 1. The van der Waals surface area contributed by atoms with Gasteiger partial charge in [-0.2, -0.15) is 0 Å². The van der Waals surface area contributed by atoms with Crippen LogP contribution in [0.15, 0.2) is 48.8 Å². The minimum absolute atomic E-state index is 0.000563. The standard InChI is InChI=1S/C27H31ClFN5O3/c1-3-34(4-2)10-5-6-26(35)33-24-13-20-23(14-25(24)37-16-18-9-11-36-15-18)30-17-31-27(20)32-19-7-8-22(29)21(28)12-19/h5-8,12-14,17-18H,3-4,9-11,15-16H2,1-2H3,(H,33,35)(H,30,31,32). The topological polar surface area (TPSA) is 88.6 Å². The highest BCUT2D eigenvalue weighted by atomic mass is 35.5. The van der Waals surface area contributed by atoms with Gasteiger partial charge in [0.25, 0.3) is 0 Å². The summed E-state index contributed by atoms with van der Waals surface area (Å²) in [6.07, 6.45) is 5.73. The number of amides is 1. The first-order chi connectivity index (χ1) is 18.0. The van der Waals surface area contributed by atoms with Gasteiger partial charge in [-0.25, -0.2) is 14.4 Å². The molecule has 4 rings (SSSR count). The van der Waals surface area contributed by atoms with Crippen molar-refractivity contribution in [3.63, 3.8) is 0 Å². The quantitative estimate of drug-likeness (QED) is 0.322. The molecule has 0 spiro atoms. The predicted octanol–water partition coefficient (Wildman–Crippen LogP) is 5.42. The molecule has 1 fully saturated rings. The SMILES string of the molecule is CCN(CC)CC=CC(=O)Nc1cc2c(Nc3ccc(F)c(Cl)c3)ncnc2cc1OCC1CCOC1. The van der Waals surface area contributed by atoms with E-state index in [1.807, 2.05) is 6.08 Å². The van der Waals surface area contributed by atoms with Crippen LogP contribution in [0.5, 0.6) is 5.75 Å². The lowest BCUT2D eigenvalue weighted by Gasteiger charge is -2.17. The Kier molecular flexibility index (Phi) is 9.27. The molecule has 0 saturated carbocycles. The smallest absolute Gasteiger partial charge is 0.248 e. The van der Waals surface area contributed by atoms with Crippen molar-refractivity contribution >= 4 is 45.6 Å². The molecule has 1 amide bonds. The van der Waals surface area contributed by atoms with Gasteiger partial charge in [-0.3, -0.25) is 4.79 Å². The maximum atomic E-state index is 13.6. The molecule has 0 bridgehead atoms. The van der Waals surface area contributed by atoms with Gasteiger partial charge in [0.1, 0.15) is 23.7 Å². The number of fused-ring (bicyclic) bond motifs is 1. The van der Waals surface area contributed by atoms with E-state index < -0.39 is 5.82 Å². The molecule has 3 aromatic rings. The highest BCUT2D eigenvalue weighted by Gasteiger charge is 2.19. The molecule has 0 aliphatic carbocycles. The Labute approximate surface area is 220 Å². The summed E-state index contributed by atoms with van der Waals surface area (Å²) in [7, 11) is 0. The van der Waals surface area contributed by atoms with Crippen molar-refractivity contribution in [3.05, 3.63) is 59.7 Å². The van der Waals surface area contributed by atoms with Crippen molar-refractivity contribution in [1.29, 1.82) is 0 Å². The number of carbonyl (C=O) groups excluding carboxylic acids is 1. The maximum Gasteiger partial charge on any atom is 0.248 e. The zero-order valence-electron chi connectivity index (χ0n) is 21.0. The molecule has 2 heterocycles. The van der Waals surface area contributed by atoms with Crippen LogP contribution in [-0.2, 0) is 9.53 Å². The molecule has 196 valence electrons. The van der Waals surface area contributed by atoms with Gasteiger partial charge in [0.15, 0.2) is 0 Å². The fourth-order valence-electron chi connectivity index (χ4n) is 4.00. The molecule has 1 aromatic heterocycles. The molecular formula is C27H31ClFN5O3. The zero-order valence-corrected chi connectivity index (χ0v) is 21.7. The Balaban J connectivity index is 1.62. The number of ether oxygens (including phenoxy) is 2. The first-order valence-electron chi connectivity index (χ1n) is 12.4. The number of benzene rings is 2. The van der Waals surface area contributed by atoms with E-state index in [1.54, 1.807) is 18.2 Å². The zero-order chi connectivity index (χ0) is 26.2. The minimum atomic E-state index is -0.506. The van der Waals surface area contributed by atoms with Crippen LogP contribution < -0.4 is 15.4 Å². The van der Waals surface area contributed by atoms with Crippen LogP contribution in [-0.4, -0.2) is 60.2 Å². The second-order valence-electron chi connectivity index (χ2n) is 8.76. The summed E-state index contributed by atoms with van der Waals surface area (Å²) in [6.45, 7) is 8.51.